The number of nitrogens with zero attached hydrogens (tertiary/aromatic N) is 6. The van der Waals surface area contributed by atoms with Crippen molar-refractivity contribution in [2.45, 2.75) is 43.9 Å². The van der Waals surface area contributed by atoms with Gasteiger partial charge in [0.2, 0.25) is 5.95 Å². The molecule has 2 bridgehead atoms. The zero-order valence-corrected chi connectivity index (χ0v) is 24.0. The van der Waals surface area contributed by atoms with E-state index in [0.29, 0.717) is 36.8 Å². The van der Waals surface area contributed by atoms with Crippen molar-refractivity contribution in [3.8, 4) is 11.5 Å². The lowest BCUT2D eigenvalue weighted by Gasteiger charge is -2.44. The average molecular weight is 568 g/mol. The predicted molar refractivity (Wildman–Crippen MR) is 162 cm³/mol. The summed E-state index contributed by atoms with van der Waals surface area (Å²) in [7, 11) is 1.66. The molecule has 0 saturated carbocycles. The van der Waals surface area contributed by atoms with E-state index in [1.54, 1.807) is 13.4 Å². The molecule has 4 saturated heterocycles. The lowest BCUT2D eigenvalue weighted by Crippen LogP contribution is -2.57. The van der Waals surface area contributed by atoms with Gasteiger partial charge in [0.1, 0.15) is 24.9 Å². The van der Waals surface area contributed by atoms with Gasteiger partial charge in [0.15, 0.2) is 11.5 Å². The van der Waals surface area contributed by atoms with E-state index in [-0.39, 0.29) is 6.10 Å². The minimum atomic E-state index is 0.00703. The largest absolute Gasteiger partial charge is 0.493 e. The molecule has 4 aliphatic heterocycles. The molecule has 42 heavy (non-hydrogen) atoms. The number of fused-ring (bicyclic) bond motifs is 5. The summed E-state index contributed by atoms with van der Waals surface area (Å²) >= 11 is 0. The molecule has 2 aromatic heterocycles. The number of benzene rings is 2. The van der Waals surface area contributed by atoms with Crippen LogP contribution in [-0.4, -0.2) is 84.6 Å². The van der Waals surface area contributed by atoms with Crippen molar-refractivity contribution in [3.05, 3.63) is 72.3 Å². The van der Waals surface area contributed by atoms with Gasteiger partial charge in [-0.1, -0.05) is 30.3 Å². The van der Waals surface area contributed by atoms with Crippen LogP contribution in [0.5, 0.6) is 11.5 Å². The van der Waals surface area contributed by atoms with Crippen molar-refractivity contribution < 1.29 is 14.2 Å². The van der Waals surface area contributed by atoms with Gasteiger partial charge in [-0.15, -0.1) is 0 Å². The molecule has 3 atom stereocenters. The molecule has 4 aliphatic rings. The topological polar surface area (TPSA) is 97.8 Å². The van der Waals surface area contributed by atoms with Crippen LogP contribution in [0.3, 0.4) is 0 Å². The maximum Gasteiger partial charge on any atom is 0.225 e. The molecule has 0 aliphatic carbocycles. The van der Waals surface area contributed by atoms with E-state index >= 15 is 0 Å². The molecule has 0 radical (unpaired) electrons. The Bertz CT molecular complexity index is 1500. The Morgan fingerprint density at radius 2 is 1.74 bits per heavy atom. The molecule has 10 heteroatoms. The van der Waals surface area contributed by atoms with Crippen LogP contribution in [0.4, 0.5) is 11.8 Å². The first kappa shape index (κ1) is 26.9. The van der Waals surface area contributed by atoms with Gasteiger partial charge in [0, 0.05) is 68.5 Å². The fourth-order valence-corrected chi connectivity index (χ4v) is 6.42. The van der Waals surface area contributed by atoms with Crippen LogP contribution in [-0.2, 0) is 11.2 Å². The molecular weight excluding hydrogens is 530 g/mol. The van der Waals surface area contributed by atoms with E-state index in [2.05, 4.69) is 44.4 Å². The molecule has 6 heterocycles. The van der Waals surface area contributed by atoms with Crippen molar-refractivity contribution in [2.24, 2.45) is 0 Å². The second kappa shape index (κ2) is 12.1. The van der Waals surface area contributed by atoms with E-state index < -0.39 is 0 Å². The summed E-state index contributed by atoms with van der Waals surface area (Å²) in [6, 6.07) is 15.0. The Morgan fingerprint density at radius 3 is 2.52 bits per heavy atom. The summed E-state index contributed by atoms with van der Waals surface area (Å²) in [6.07, 6.45) is 9.81. The van der Waals surface area contributed by atoms with Gasteiger partial charge in [0.05, 0.1) is 19.2 Å². The lowest BCUT2D eigenvalue weighted by molar-refractivity contribution is -0.000233. The molecule has 4 aromatic rings. The van der Waals surface area contributed by atoms with Crippen LogP contribution in [0.2, 0.25) is 0 Å². The van der Waals surface area contributed by atoms with Crippen LogP contribution in [0, 0.1) is 0 Å². The molecule has 4 fully saturated rings. The van der Waals surface area contributed by atoms with Gasteiger partial charge >= 0.3 is 0 Å². The maximum atomic E-state index is 6.24. The highest BCUT2D eigenvalue weighted by molar-refractivity contribution is 5.92. The van der Waals surface area contributed by atoms with Crippen molar-refractivity contribution in [3.63, 3.8) is 0 Å². The molecule has 1 N–H and O–H groups in total. The fraction of sp³-hybridized carbons (Fsp3) is 0.438. The first-order valence-electron chi connectivity index (χ1n) is 14.9. The van der Waals surface area contributed by atoms with Gasteiger partial charge in [-0.25, -0.2) is 19.9 Å². The fourth-order valence-electron chi connectivity index (χ4n) is 6.42. The number of hydrogen-bond acceptors (Lipinski definition) is 10. The molecule has 2 aromatic carbocycles. The normalized spacial score (nSPS) is 22.3. The first-order valence-corrected chi connectivity index (χ1v) is 14.9. The molecule has 0 spiro atoms. The van der Waals surface area contributed by atoms with E-state index in [9.17, 15) is 0 Å². The molecular formula is C32H37N7O3. The van der Waals surface area contributed by atoms with Gasteiger partial charge in [-0.2, -0.15) is 0 Å². The monoisotopic (exact) mass is 567 g/mol. The lowest BCUT2D eigenvalue weighted by atomic mass is 10.1. The number of aromatic nitrogens is 4. The summed E-state index contributed by atoms with van der Waals surface area (Å²) in [5.74, 6) is 3.10. The van der Waals surface area contributed by atoms with Crippen molar-refractivity contribution in [1.29, 1.82) is 0 Å². The Balaban J connectivity index is 1.12. The minimum Gasteiger partial charge on any atom is -0.493 e. The third-order valence-electron chi connectivity index (χ3n) is 8.57. The number of methoxy groups -OCH3 is 1. The van der Waals surface area contributed by atoms with Crippen LogP contribution >= 0.6 is 0 Å². The average Bonchev–Trinajstić information content (AvgIpc) is 3.39. The highest BCUT2D eigenvalue weighted by Crippen LogP contribution is 2.39. The standard InChI is InChI=1S/C32H37N7O3/c1-40-29-14-28-27(13-30(29)42-20-26-17-33-10-11-41-26)31(37-21-36-28)38-18-25-9-5-8-24(38)19-39(25)32-34-15-23(16-35-32)12-22-6-3-2-4-7-22/h2-4,6-7,13-16,21,24-26,33H,5,8-12,17-20H2,1H3. The van der Waals surface area contributed by atoms with Crippen molar-refractivity contribution in [1.82, 2.24) is 25.3 Å². The van der Waals surface area contributed by atoms with E-state index in [1.165, 1.54) is 5.56 Å². The minimum absolute atomic E-state index is 0.00703. The van der Waals surface area contributed by atoms with E-state index in [0.717, 1.165) is 80.1 Å². The van der Waals surface area contributed by atoms with Crippen molar-refractivity contribution in [2.75, 3.05) is 56.3 Å². The number of rotatable bonds is 8. The summed E-state index contributed by atoms with van der Waals surface area (Å²) < 4.78 is 17.7. The van der Waals surface area contributed by atoms with Crippen LogP contribution < -0.4 is 24.6 Å². The number of nitrogens with one attached hydrogen (secondary N) is 1. The molecule has 10 nitrogen and oxygen atoms in total. The Labute approximate surface area is 246 Å². The SMILES string of the molecule is COc1cc2ncnc(N3CC4CCCC3CN4c3ncc(Cc4ccccc4)cn3)c2cc1OCC1CNCCO1. The third-order valence-corrected chi connectivity index (χ3v) is 8.57. The van der Waals surface area contributed by atoms with E-state index in [4.69, 9.17) is 29.2 Å². The number of morpholine rings is 1. The summed E-state index contributed by atoms with van der Waals surface area (Å²) in [4.78, 5) is 23.9. The van der Waals surface area contributed by atoms with Crippen LogP contribution in [0.1, 0.15) is 30.4 Å². The van der Waals surface area contributed by atoms with Crippen LogP contribution in [0.25, 0.3) is 10.9 Å². The highest BCUT2D eigenvalue weighted by atomic mass is 16.5. The summed E-state index contributed by atoms with van der Waals surface area (Å²) in [5.41, 5.74) is 3.23. The maximum absolute atomic E-state index is 6.24. The van der Waals surface area contributed by atoms with Crippen molar-refractivity contribution >= 4 is 22.7 Å². The highest BCUT2D eigenvalue weighted by Gasteiger charge is 2.39. The van der Waals surface area contributed by atoms with Gasteiger partial charge in [0.25, 0.3) is 0 Å². The first-order chi connectivity index (χ1) is 20.7. The number of ether oxygens (including phenoxy) is 3. The number of hydrogen-bond donors (Lipinski definition) is 1. The molecule has 8 rings (SSSR count). The van der Waals surface area contributed by atoms with Crippen LogP contribution in [0.15, 0.2) is 61.2 Å². The Kier molecular flexibility index (Phi) is 7.72. The zero-order valence-electron chi connectivity index (χ0n) is 24.0. The zero-order chi connectivity index (χ0) is 28.3. The summed E-state index contributed by atoms with van der Waals surface area (Å²) in [6.45, 7) is 4.51. The molecule has 3 unspecified atom stereocenters. The second-order valence-corrected chi connectivity index (χ2v) is 11.3. The number of piperazine rings is 1. The van der Waals surface area contributed by atoms with Gasteiger partial charge in [-0.05, 0) is 36.5 Å². The van der Waals surface area contributed by atoms with E-state index in [1.807, 2.05) is 30.6 Å². The summed E-state index contributed by atoms with van der Waals surface area (Å²) in [5, 5.41) is 4.32. The Hall–Kier alpha value is -4.02. The third kappa shape index (κ3) is 5.56. The molecule has 0 amide bonds. The smallest absolute Gasteiger partial charge is 0.225 e. The molecule has 218 valence electrons. The van der Waals surface area contributed by atoms with Gasteiger partial charge in [-0.3, -0.25) is 0 Å². The number of anilines is 2. The second-order valence-electron chi connectivity index (χ2n) is 11.3. The predicted octanol–water partition coefficient (Wildman–Crippen LogP) is 3.63. The van der Waals surface area contributed by atoms with Gasteiger partial charge < -0.3 is 29.3 Å². The quantitative estimate of drug-likeness (QED) is 0.340. The Morgan fingerprint density at radius 1 is 0.929 bits per heavy atom.